The molecule has 2 unspecified atom stereocenters. The van der Waals surface area contributed by atoms with Crippen LogP contribution in [0, 0.1) is 0 Å². The minimum Gasteiger partial charge on any atom is -0.344 e. The fraction of sp³-hybridized carbons (Fsp3) is 0.571. The molecule has 1 aliphatic rings. The molecule has 1 aromatic heterocycles. The summed E-state index contributed by atoms with van der Waals surface area (Å²) in [6, 6.07) is 0. The lowest BCUT2D eigenvalue weighted by Gasteiger charge is -2.06. The van der Waals surface area contributed by atoms with Gasteiger partial charge in [0.05, 0.1) is 18.9 Å². The van der Waals surface area contributed by atoms with Crippen molar-refractivity contribution in [2.75, 3.05) is 13.2 Å². The lowest BCUT2D eigenvalue weighted by molar-refractivity contribution is -0.0586. The monoisotopic (exact) mass is 220 g/mol. The van der Waals surface area contributed by atoms with Gasteiger partial charge in [-0.05, 0) is 0 Å². The number of thiazole rings is 1. The number of hydrogen-bond acceptors (Lipinski definition) is 5. The molecule has 2 rings (SSSR count). The Bertz CT molecular complexity index is 294. The highest BCUT2D eigenvalue weighted by molar-refractivity contribution is 7.15. The fourth-order valence-corrected chi connectivity index (χ4v) is 1.99. The van der Waals surface area contributed by atoms with Crippen LogP contribution in [-0.2, 0) is 9.47 Å². The second-order valence-electron chi connectivity index (χ2n) is 2.66. The summed E-state index contributed by atoms with van der Waals surface area (Å²) in [5.74, 6) is 0. The average molecular weight is 221 g/mol. The standard InChI is InChI=1S/C7H9ClN2O2S/c8-5-2-10-6(13-5)7-11-3-4(1-9)12-7/h2,4,7H,1,3,9H2. The fourth-order valence-electron chi connectivity index (χ4n) is 1.08. The van der Waals surface area contributed by atoms with Crippen LogP contribution in [0.4, 0.5) is 0 Å². The number of rotatable bonds is 2. The van der Waals surface area contributed by atoms with E-state index in [1.165, 1.54) is 11.3 Å². The number of halogens is 1. The molecule has 0 radical (unpaired) electrons. The van der Waals surface area contributed by atoms with Crippen LogP contribution in [0.2, 0.25) is 4.34 Å². The van der Waals surface area contributed by atoms with Crippen molar-refractivity contribution in [3.8, 4) is 0 Å². The molecule has 0 saturated carbocycles. The van der Waals surface area contributed by atoms with Crippen LogP contribution in [0.15, 0.2) is 6.20 Å². The molecule has 2 atom stereocenters. The number of hydrogen-bond donors (Lipinski definition) is 1. The predicted molar refractivity (Wildman–Crippen MR) is 49.7 cm³/mol. The first-order valence-corrected chi connectivity index (χ1v) is 5.07. The van der Waals surface area contributed by atoms with Crippen molar-refractivity contribution in [2.24, 2.45) is 5.73 Å². The molecular formula is C7H9ClN2O2S. The largest absolute Gasteiger partial charge is 0.344 e. The Morgan fingerprint density at radius 1 is 1.77 bits per heavy atom. The van der Waals surface area contributed by atoms with Crippen molar-refractivity contribution in [2.45, 2.75) is 12.4 Å². The smallest absolute Gasteiger partial charge is 0.211 e. The van der Waals surface area contributed by atoms with Gasteiger partial charge in [-0.15, -0.1) is 11.3 Å². The third-order valence-corrected chi connectivity index (χ3v) is 2.85. The molecule has 2 N–H and O–H groups in total. The first-order valence-electron chi connectivity index (χ1n) is 3.88. The number of nitrogens with zero attached hydrogens (tertiary/aromatic N) is 1. The van der Waals surface area contributed by atoms with Crippen LogP contribution >= 0.6 is 22.9 Å². The number of aromatic nitrogens is 1. The van der Waals surface area contributed by atoms with Crippen molar-refractivity contribution >= 4 is 22.9 Å². The van der Waals surface area contributed by atoms with E-state index in [1.807, 2.05) is 0 Å². The summed E-state index contributed by atoms with van der Waals surface area (Å²) in [5.41, 5.74) is 5.43. The summed E-state index contributed by atoms with van der Waals surface area (Å²) in [4.78, 5) is 4.06. The number of nitrogens with two attached hydrogens (primary N) is 1. The lowest BCUT2D eigenvalue weighted by Crippen LogP contribution is -2.21. The molecule has 0 amide bonds. The maximum Gasteiger partial charge on any atom is 0.211 e. The molecule has 0 aromatic carbocycles. The van der Waals surface area contributed by atoms with E-state index in [0.29, 0.717) is 17.5 Å². The van der Waals surface area contributed by atoms with Gasteiger partial charge >= 0.3 is 0 Å². The van der Waals surface area contributed by atoms with Gasteiger partial charge in [-0.3, -0.25) is 0 Å². The SMILES string of the molecule is NCC1COC(c2ncc(Cl)s2)O1. The van der Waals surface area contributed by atoms with Crippen LogP contribution in [0.25, 0.3) is 0 Å². The highest BCUT2D eigenvalue weighted by Gasteiger charge is 2.28. The highest BCUT2D eigenvalue weighted by atomic mass is 35.5. The highest BCUT2D eigenvalue weighted by Crippen LogP contribution is 2.31. The zero-order valence-corrected chi connectivity index (χ0v) is 8.35. The Kier molecular flexibility index (Phi) is 2.80. The summed E-state index contributed by atoms with van der Waals surface area (Å²) < 4.78 is 11.4. The molecule has 2 heterocycles. The molecule has 4 nitrogen and oxygen atoms in total. The van der Waals surface area contributed by atoms with Crippen LogP contribution in [0.5, 0.6) is 0 Å². The minimum absolute atomic E-state index is 0.0207. The van der Waals surface area contributed by atoms with Gasteiger partial charge in [0.15, 0.2) is 5.01 Å². The van der Waals surface area contributed by atoms with Gasteiger partial charge in [0, 0.05) is 6.54 Å². The van der Waals surface area contributed by atoms with E-state index in [0.717, 1.165) is 5.01 Å². The van der Waals surface area contributed by atoms with E-state index >= 15 is 0 Å². The van der Waals surface area contributed by atoms with Gasteiger partial charge in [0.1, 0.15) is 4.34 Å². The van der Waals surface area contributed by atoms with E-state index in [1.54, 1.807) is 6.20 Å². The second kappa shape index (κ2) is 3.89. The van der Waals surface area contributed by atoms with E-state index in [9.17, 15) is 0 Å². The van der Waals surface area contributed by atoms with E-state index in [-0.39, 0.29) is 12.4 Å². The zero-order valence-electron chi connectivity index (χ0n) is 6.77. The van der Waals surface area contributed by atoms with Crippen molar-refractivity contribution in [1.29, 1.82) is 0 Å². The first-order chi connectivity index (χ1) is 6.29. The van der Waals surface area contributed by atoms with Gasteiger partial charge in [0.2, 0.25) is 6.29 Å². The second-order valence-corrected chi connectivity index (χ2v) is 4.36. The summed E-state index contributed by atoms with van der Waals surface area (Å²) in [6.07, 6.45) is 1.18. The van der Waals surface area contributed by atoms with E-state index < -0.39 is 0 Å². The Morgan fingerprint density at radius 3 is 3.15 bits per heavy atom. The molecule has 6 heteroatoms. The molecule has 1 fully saturated rings. The van der Waals surface area contributed by atoms with Crippen LogP contribution < -0.4 is 5.73 Å². The first kappa shape index (κ1) is 9.36. The van der Waals surface area contributed by atoms with Crippen molar-refractivity contribution in [1.82, 2.24) is 4.98 Å². The minimum atomic E-state index is -0.383. The Hall–Kier alpha value is -0.200. The van der Waals surface area contributed by atoms with E-state index in [4.69, 9.17) is 26.8 Å². The normalized spacial score (nSPS) is 28.2. The molecule has 1 aliphatic heterocycles. The summed E-state index contributed by atoms with van der Waals surface area (Å²) in [7, 11) is 0. The van der Waals surface area contributed by atoms with Crippen LogP contribution in [-0.4, -0.2) is 24.2 Å². The average Bonchev–Trinajstić information content (AvgIpc) is 2.71. The summed E-state index contributed by atoms with van der Waals surface area (Å²) in [5, 5.41) is 0.751. The maximum atomic E-state index is 5.73. The Balaban J connectivity index is 2.03. The topological polar surface area (TPSA) is 57.4 Å². The molecule has 0 aliphatic carbocycles. The molecule has 0 spiro atoms. The van der Waals surface area contributed by atoms with Gasteiger partial charge < -0.3 is 15.2 Å². The quantitative estimate of drug-likeness (QED) is 0.813. The zero-order chi connectivity index (χ0) is 9.26. The molecule has 13 heavy (non-hydrogen) atoms. The van der Waals surface area contributed by atoms with Crippen LogP contribution in [0.3, 0.4) is 0 Å². The third kappa shape index (κ3) is 2.00. The summed E-state index contributed by atoms with van der Waals surface area (Å²) >= 11 is 7.09. The van der Waals surface area contributed by atoms with Gasteiger partial charge in [-0.1, -0.05) is 11.6 Å². The molecule has 1 saturated heterocycles. The predicted octanol–water partition coefficient (Wildman–Crippen LogP) is 1.17. The Labute approximate surface area is 84.6 Å². The number of ether oxygens (including phenoxy) is 2. The molecule has 1 aromatic rings. The van der Waals surface area contributed by atoms with Crippen molar-refractivity contribution < 1.29 is 9.47 Å². The maximum absolute atomic E-state index is 5.73. The Morgan fingerprint density at radius 2 is 2.62 bits per heavy atom. The van der Waals surface area contributed by atoms with Gasteiger partial charge in [0.25, 0.3) is 0 Å². The molecule has 0 bridgehead atoms. The third-order valence-electron chi connectivity index (χ3n) is 1.71. The van der Waals surface area contributed by atoms with Crippen molar-refractivity contribution in [3.63, 3.8) is 0 Å². The molecular weight excluding hydrogens is 212 g/mol. The van der Waals surface area contributed by atoms with Gasteiger partial charge in [-0.2, -0.15) is 0 Å². The molecule has 72 valence electrons. The lowest BCUT2D eigenvalue weighted by atomic mass is 10.4. The summed E-state index contributed by atoms with van der Waals surface area (Å²) in [6.45, 7) is 0.994. The van der Waals surface area contributed by atoms with Gasteiger partial charge in [-0.25, -0.2) is 4.98 Å². The van der Waals surface area contributed by atoms with E-state index in [2.05, 4.69) is 4.98 Å². The van der Waals surface area contributed by atoms with Crippen LogP contribution in [0.1, 0.15) is 11.3 Å². The van der Waals surface area contributed by atoms with Crippen molar-refractivity contribution in [3.05, 3.63) is 15.5 Å².